The molecule has 0 saturated carbocycles. The summed E-state index contributed by atoms with van der Waals surface area (Å²) in [7, 11) is 1.53. The number of likely N-dealkylation sites (N-methyl/N-ethyl adjacent to an activating group) is 1. The fraction of sp³-hybridized carbons (Fsp3) is 0.176. The maximum atomic E-state index is 11.7. The number of carbonyl (C=O) groups excluding carboxylic acids is 2. The molecule has 1 aromatic carbocycles. The highest BCUT2D eigenvalue weighted by Gasteiger charge is 2.33. The van der Waals surface area contributed by atoms with E-state index >= 15 is 0 Å². The molecule has 108 valence electrons. The van der Waals surface area contributed by atoms with Crippen molar-refractivity contribution in [1.29, 1.82) is 0 Å². The lowest BCUT2D eigenvalue weighted by atomic mass is 10.1. The Morgan fingerprint density at radius 1 is 1.19 bits per heavy atom. The molecular formula is C17H17NO3. The number of hydrogen-bond acceptors (Lipinski definition) is 3. The quantitative estimate of drug-likeness (QED) is 0.401. The van der Waals surface area contributed by atoms with Crippen LogP contribution >= 0.6 is 0 Å². The van der Waals surface area contributed by atoms with Gasteiger partial charge in [0.2, 0.25) is 0 Å². The van der Waals surface area contributed by atoms with Crippen molar-refractivity contribution in [3.8, 4) is 0 Å². The molecular weight excluding hydrogens is 266 g/mol. The Kier molecular flexibility index (Phi) is 4.38. The molecule has 1 aliphatic heterocycles. The topological polar surface area (TPSA) is 57.6 Å². The number of ketones is 1. The highest BCUT2D eigenvalue weighted by Crippen LogP contribution is 2.16. The summed E-state index contributed by atoms with van der Waals surface area (Å²) in [6, 6.07) is 9.75. The molecule has 0 aliphatic carbocycles. The van der Waals surface area contributed by atoms with Gasteiger partial charge in [-0.2, -0.15) is 0 Å². The van der Waals surface area contributed by atoms with E-state index in [1.165, 1.54) is 18.0 Å². The first-order valence-electron chi connectivity index (χ1n) is 6.62. The summed E-state index contributed by atoms with van der Waals surface area (Å²) in [5.74, 6) is -1.07. The Labute approximate surface area is 123 Å². The highest BCUT2D eigenvalue weighted by atomic mass is 16.3. The SMILES string of the molecule is CC(/C=C/C(O)=C1\C(=O)CN(C)C1=O)=C\c1ccccc1. The van der Waals surface area contributed by atoms with Gasteiger partial charge >= 0.3 is 0 Å². The average Bonchev–Trinajstić information content (AvgIpc) is 2.71. The van der Waals surface area contributed by atoms with Crippen molar-refractivity contribution < 1.29 is 14.7 Å². The third-order valence-corrected chi connectivity index (χ3v) is 3.17. The third-order valence-electron chi connectivity index (χ3n) is 3.17. The van der Waals surface area contributed by atoms with Crippen molar-refractivity contribution in [2.45, 2.75) is 6.92 Å². The van der Waals surface area contributed by atoms with Crippen LogP contribution in [0.3, 0.4) is 0 Å². The van der Waals surface area contributed by atoms with Crippen LogP contribution in [-0.2, 0) is 9.59 Å². The van der Waals surface area contributed by atoms with Crippen molar-refractivity contribution in [2.24, 2.45) is 0 Å². The van der Waals surface area contributed by atoms with Crippen LogP contribution in [0.25, 0.3) is 6.08 Å². The molecule has 1 N–H and O–H groups in total. The number of aliphatic hydroxyl groups is 1. The number of nitrogens with zero attached hydrogens (tertiary/aromatic N) is 1. The summed E-state index contributed by atoms with van der Waals surface area (Å²) in [4.78, 5) is 24.7. The summed E-state index contributed by atoms with van der Waals surface area (Å²) < 4.78 is 0. The maximum Gasteiger partial charge on any atom is 0.261 e. The Balaban J connectivity index is 2.19. The molecule has 21 heavy (non-hydrogen) atoms. The number of allylic oxidation sites excluding steroid dienone is 3. The molecule has 1 aliphatic rings. The minimum absolute atomic E-state index is 0.0188. The zero-order valence-electron chi connectivity index (χ0n) is 12.0. The molecule has 1 aromatic rings. The van der Waals surface area contributed by atoms with Crippen molar-refractivity contribution in [3.05, 3.63) is 65.0 Å². The van der Waals surface area contributed by atoms with Gasteiger partial charge in [-0.1, -0.05) is 48.1 Å². The first-order chi connectivity index (χ1) is 9.99. The zero-order chi connectivity index (χ0) is 15.4. The number of Topliss-reactive ketones (excluding diaryl/α,β-unsaturated/α-hetero) is 1. The van der Waals surface area contributed by atoms with Gasteiger partial charge in [0.15, 0.2) is 5.78 Å². The molecule has 2 rings (SSSR count). The molecule has 1 saturated heterocycles. The molecule has 1 heterocycles. The first kappa shape index (κ1) is 14.8. The molecule has 0 spiro atoms. The van der Waals surface area contributed by atoms with Crippen molar-refractivity contribution in [2.75, 3.05) is 13.6 Å². The Morgan fingerprint density at radius 2 is 1.86 bits per heavy atom. The van der Waals surface area contributed by atoms with E-state index in [0.717, 1.165) is 11.1 Å². The first-order valence-corrected chi connectivity index (χ1v) is 6.62. The predicted octanol–water partition coefficient (Wildman–Crippen LogP) is 2.50. The highest BCUT2D eigenvalue weighted by molar-refractivity contribution is 6.25. The number of likely N-dealkylation sites (tertiary alicyclic amines) is 1. The molecule has 0 bridgehead atoms. The Morgan fingerprint density at radius 3 is 2.43 bits per heavy atom. The minimum Gasteiger partial charge on any atom is -0.507 e. The molecule has 1 fully saturated rings. The fourth-order valence-corrected chi connectivity index (χ4v) is 2.08. The van der Waals surface area contributed by atoms with Crippen LogP contribution in [0.5, 0.6) is 0 Å². The van der Waals surface area contributed by atoms with Crippen LogP contribution < -0.4 is 0 Å². The van der Waals surface area contributed by atoms with Crippen molar-refractivity contribution in [3.63, 3.8) is 0 Å². The second kappa shape index (κ2) is 6.22. The van der Waals surface area contributed by atoms with Gasteiger partial charge in [-0.05, 0) is 18.6 Å². The van der Waals surface area contributed by atoms with Crippen LogP contribution in [0.2, 0.25) is 0 Å². The molecule has 1 amide bonds. The fourth-order valence-electron chi connectivity index (χ4n) is 2.08. The smallest absolute Gasteiger partial charge is 0.261 e. The number of aliphatic hydroxyl groups excluding tert-OH is 1. The summed E-state index contributed by atoms with van der Waals surface area (Å²) in [6.45, 7) is 1.90. The summed E-state index contributed by atoms with van der Waals surface area (Å²) in [6.07, 6.45) is 5.01. The standard InChI is InChI=1S/C17H17NO3/c1-12(10-13-6-4-3-5-7-13)8-9-14(19)16-15(20)11-18(2)17(16)21/h3-10,19H,11H2,1-2H3/b9-8+,12-10+,16-14-. The Hall–Kier alpha value is -2.62. The predicted molar refractivity (Wildman–Crippen MR) is 81.5 cm³/mol. The van der Waals surface area contributed by atoms with Gasteiger partial charge in [0.25, 0.3) is 5.91 Å². The molecule has 0 radical (unpaired) electrons. The largest absolute Gasteiger partial charge is 0.507 e. The summed E-state index contributed by atoms with van der Waals surface area (Å²) >= 11 is 0. The van der Waals surface area contributed by atoms with Crippen LogP contribution in [0, 0.1) is 0 Å². The molecule has 0 atom stereocenters. The van der Waals surface area contributed by atoms with E-state index in [9.17, 15) is 14.7 Å². The van der Waals surface area contributed by atoms with E-state index in [1.807, 2.05) is 43.3 Å². The lowest BCUT2D eigenvalue weighted by Crippen LogP contribution is -2.19. The van der Waals surface area contributed by atoms with E-state index < -0.39 is 5.91 Å². The van der Waals surface area contributed by atoms with E-state index in [4.69, 9.17) is 0 Å². The van der Waals surface area contributed by atoms with E-state index in [2.05, 4.69) is 0 Å². The minimum atomic E-state index is -0.438. The van der Waals surface area contributed by atoms with Gasteiger partial charge in [-0.15, -0.1) is 0 Å². The van der Waals surface area contributed by atoms with Crippen molar-refractivity contribution >= 4 is 17.8 Å². The van der Waals surface area contributed by atoms with E-state index in [0.29, 0.717) is 0 Å². The van der Waals surface area contributed by atoms with E-state index in [-0.39, 0.29) is 23.7 Å². The molecule has 4 heteroatoms. The lowest BCUT2D eigenvalue weighted by molar-refractivity contribution is -0.123. The van der Waals surface area contributed by atoms with Crippen LogP contribution in [0.1, 0.15) is 12.5 Å². The summed E-state index contributed by atoms with van der Waals surface area (Å²) in [5, 5.41) is 9.92. The number of carbonyl (C=O) groups is 2. The normalized spacial score (nSPS) is 18.8. The monoisotopic (exact) mass is 283 g/mol. The van der Waals surface area contributed by atoms with Gasteiger partial charge in [0.1, 0.15) is 11.3 Å². The van der Waals surface area contributed by atoms with Gasteiger partial charge in [-0.3, -0.25) is 9.59 Å². The van der Waals surface area contributed by atoms with E-state index in [1.54, 1.807) is 6.08 Å². The van der Waals surface area contributed by atoms with Crippen LogP contribution in [0.15, 0.2) is 59.4 Å². The number of rotatable bonds is 3. The van der Waals surface area contributed by atoms with Gasteiger partial charge in [-0.25, -0.2) is 0 Å². The second-order valence-electron chi connectivity index (χ2n) is 4.98. The molecule has 0 unspecified atom stereocenters. The number of hydrogen-bond donors (Lipinski definition) is 1. The maximum absolute atomic E-state index is 11.7. The number of benzene rings is 1. The third kappa shape index (κ3) is 3.48. The second-order valence-corrected chi connectivity index (χ2v) is 4.98. The lowest BCUT2D eigenvalue weighted by Gasteiger charge is -2.03. The van der Waals surface area contributed by atoms with Gasteiger partial charge in [0, 0.05) is 7.05 Å². The summed E-state index contributed by atoms with van der Waals surface area (Å²) in [5.41, 5.74) is 1.81. The molecule has 0 aromatic heterocycles. The van der Waals surface area contributed by atoms with Crippen LogP contribution in [0.4, 0.5) is 0 Å². The zero-order valence-corrected chi connectivity index (χ0v) is 12.0. The Bertz CT molecular complexity index is 654. The van der Waals surface area contributed by atoms with Crippen LogP contribution in [-0.4, -0.2) is 35.3 Å². The van der Waals surface area contributed by atoms with Gasteiger partial charge in [0.05, 0.1) is 6.54 Å². The van der Waals surface area contributed by atoms with Gasteiger partial charge < -0.3 is 10.0 Å². The number of amides is 1. The average molecular weight is 283 g/mol. The molecule has 4 nitrogen and oxygen atoms in total. The van der Waals surface area contributed by atoms with Crippen molar-refractivity contribution in [1.82, 2.24) is 4.90 Å².